The molecule has 510 valence electrons. The molecule has 0 aromatic rings. The van der Waals surface area contributed by atoms with Crippen LogP contribution in [-0.4, -0.2) is 96.7 Å². The lowest BCUT2D eigenvalue weighted by atomic mass is 9.99. The molecule has 5 unspecified atom stereocenters. The van der Waals surface area contributed by atoms with Gasteiger partial charge in [0.1, 0.15) is 19.3 Å². The van der Waals surface area contributed by atoms with Crippen molar-refractivity contribution < 1.29 is 80.2 Å². The number of carbonyl (C=O) groups is 4. The lowest BCUT2D eigenvalue weighted by molar-refractivity contribution is -0.161. The van der Waals surface area contributed by atoms with Crippen molar-refractivity contribution in [2.75, 3.05) is 39.6 Å². The lowest BCUT2D eigenvalue weighted by Crippen LogP contribution is -2.30. The zero-order valence-corrected chi connectivity index (χ0v) is 57.7. The molecule has 0 spiro atoms. The smallest absolute Gasteiger partial charge is 0.462 e. The third-order valence-corrected chi connectivity index (χ3v) is 17.9. The van der Waals surface area contributed by atoms with Crippen molar-refractivity contribution in [1.29, 1.82) is 0 Å². The van der Waals surface area contributed by atoms with Gasteiger partial charge in [-0.2, -0.15) is 0 Å². The first-order valence-corrected chi connectivity index (χ1v) is 37.8. The van der Waals surface area contributed by atoms with Crippen LogP contribution in [-0.2, 0) is 65.4 Å². The molecule has 86 heavy (non-hydrogen) atoms. The van der Waals surface area contributed by atoms with Crippen LogP contribution in [0.5, 0.6) is 0 Å². The molecule has 0 fully saturated rings. The van der Waals surface area contributed by atoms with Gasteiger partial charge in [-0.05, 0) is 49.4 Å². The maximum atomic E-state index is 13.0. The molecule has 0 heterocycles. The Morgan fingerprint density at radius 2 is 0.558 bits per heavy atom. The van der Waals surface area contributed by atoms with E-state index in [1.165, 1.54) is 128 Å². The molecule has 3 N–H and O–H groups in total. The van der Waals surface area contributed by atoms with Gasteiger partial charge in [0.25, 0.3) is 0 Å². The largest absolute Gasteiger partial charge is 0.472 e. The standard InChI is InChI=1S/C67H130O17P2/c1-9-59(7)45-37-29-21-13-17-24-32-40-48-65(70)78-54-63(84-67(72)50-42-34-26-18-14-22-30-38-46-60(8)10-2)56-82-86(75,76)80-52-61(68)51-79-85(73,74)81-55-62(83-66(71)49-41-33-25-16-12-20-28-36-44-58(5)6)53-77-64(69)47-39-31-23-15-11-19-27-35-43-57(3)4/h57-63,68H,9-56H2,1-8H3,(H,73,74)(H,75,76)/t59?,60?,61?,62-,63-/m1/s1. The van der Waals surface area contributed by atoms with Gasteiger partial charge in [-0.15, -0.1) is 0 Å². The molecular formula is C67H130O17P2. The quantitative estimate of drug-likeness (QED) is 0.0222. The first-order valence-electron chi connectivity index (χ1n) is 34.8. The number of aliphatic hydroxyl groups is 1. The molecule has 0 aromatic heterocycles. The highest BCUT2D eigenvalue weighted by Crippen LogP contribution is 2.45. The van der Waals surface area contributed by atoms with Gasteiger partial charge in [-0.1, -0.05) is 274 Å². The maximum absolute atomic E-state index is 13.0. The number of carbonyl (C=O) groups excluding carboxylic acids is 4. The molecule has 0 aromatic carbocycles. The van der Waals surface area contributed by atoms with Crippen molar-refractivity contribution in [2.24, 2.45) is 23.7 Å². The Kier molecular flexibility index (Phi) is 55.7. The number of ether oxygens (including phenoxy) is 4. The van der Waals surface area contributed by atoms with E-state index in [9.17, 15) is 43.2 Å². The number of phosphoric acid groups is 2. The Bertz CT molecular complexity index is 1720. The number of hydrogen-bond donors (Lipinski definition) is 3. The minimum Gasteiger partial charge on any atom is -0.462 e. The van der Waals surface area contributed by atoms with E-state index in [0.29, 0.717) is 25.7 Å². The summed E-state index contributed by atoms with van der Waals surface area (Å²) in [5.74, 6) is 0.855. The van der Waals surface area contributed by atoms with Crippen LogP contribution in [0.2, 0.25) is 0 Å². The van der Waals surface area contributed by atoms with Gasteiger partial charge in [0, 0.05) is 25.7 Å². The average molecular weight is 1270 g/mol. The molecule has 17 nitrogen and oxygen atoms in total. The Morgan fingerprint density at radius 1 is 0.326 bits per heavy atom. The molecule has 0 saturated carbocycles. The number of esters is 4. The van der Waals surface area contributed by atoms with Gasteiger partial charge in [0.2, 0.25) is 0 Å². The van der Waals surface area contributed by atoms with E-state index in [0.717, 1.165) is 114 Å². The van der Waals surface area contributed by atoms with Crippen LogP contribution in [0.1, 0.15) is 325 Å². The van der Waals surface area contributed by atoms with Gasteiger partial charge in [0.05, 0.1) is 26.4 Å². The fourth-order valence-electron chi connectivity index (χ4n) is 9.89. The van der Waals surface area contributed by atoms with Crippen molar-refractivity contribution in [2.45, 2.75) is 343 Å². The van der Waals surface area contributed by atoms with E-state index >= 15 is 0 Å². The summed E-state index contributed by atoms with van der Waals surface area (Å²) in [7, 11) is -9.90. The van der Waals surface area contributed by atoms with E-state index in [-0.39, 0.29) is 25.7 Å². The van der Waals surface area contributed by atoms with Crippen LogP contribution in [0.3, 0.4) is 0 Å². The molecule has 19 heteroatoms. The fraction of sp³-hybridized carbons (Fsp3) is 0.940. The van der Waals surface area contributed by atoms with Gasteiger partial charge in [-0.25, -0.2) is 9.13 Å². The van der Waals surface area contributed by atoms with E-state index < -0.39 is 97.5 Å². The minimum atomic E-state index is -4.95. The van der Waals surface area contributed by atoms with Crippen LogP contribution in [0, 0.1) is 23.7 Å². The third kappa shape index (κ3) is 58.4. The highest BCUT2D eigenvalue weighted by molar-refractivity contribution is 7.47. The number of phosphoric ester groups is 2. The summed E-state index contributed by atoms with van der Waals surface area (Å²) in [4.78, 5) is 72.4. The topological polar surface area (TPSA) is 237 Å². The highest BCUT2D eigenvalue weighted by atomic mass is 31.2. The molecule has 0 saturated heterocycles. The second kappa shape index (κ2) is 57.0. The zero-order valence-electron chi connectivity index (χ0n) is 55.9. The predicted octanol–water partition coefficient (Wildman–Crippen LogP) is 18.5. The van der Waals surface area contributed by atoms with Gasteiger partial charge in [-0.3, -0.25) is 37.3 Å². The van der Waals surface area contributed by atoms with Crippen LogP contribution < -0.4 is 0 Å². The summed E-state index contributed by atoms with van der Waals surface area (Å²) >= 11 is 0. The van der Waals surface area contributed by atoms with Crippen LogP contribution >= 0.6 is 15.6 Å². The number of hydrogen-bond acceptors (Lipinski definition) is 15. The summed E-state index contributed by atoms with van der Waals surface area (Å²) in [6.45, 7) is 14.0. The highest BCUT2D eigenvalue weighted by Gasteiger charge is 2.30. The molecule has 0 amide bonds. The van der Waals surface area contributed by atoms with Crippen molar-refractivity contribution >= 4 is 39.5 Å². The maximum Gasteiger partial charge on any atom is 0.472 e. The van der Waals surface area contributed by atoms with Crippen molar-refractivity contribution in [3.63, 3.8) is 0 Å². The summed E-state index contributed by atoms with van der Waals surface area (Å²) in [5.41, 5.74) is 0. The average Bonchev–Trinajstić information content (AvgIpc) is 3.68. The molecule has 0 aliphatic heterocycles. The van der Waals surface area contributed by atoms with Crippen molar-refractivity contribution in [1.82, 2.24) is 0 Å². The molecular weight excluding hydrogens is 1140 g/mol. The van der Waals surface area contributed by atoms with E-state index in [1.807, 2.05) is 0 Å². The molecule has 7 atom stereocenters. The van der Waals surface area contributed by atoms with Crippen molar-refractivity contribution in [3.8, 4) is 0 Å². The number of rotatable bonds is 64. The Balaban J connectivity index is 5.27. The van der Waals surface area contributed by atoms with Crippen molar-refractivity contribution in [3.05, 3.63) is 0 Å². The minimum absolute atomic E-state index is 0.103. The molecule has 0 aliphatic rings. The molecule has 0 bridgehead atoms. The van der Waals surface area contributed by atoms with Crippen LogP contribution in [0.4, 0.5) is 0 Å². The second-order valence-electron chi connectivity index (χ2n) is 25.6. The molecule has 0 aliphatic carbocycles. The SMILES string of the molecule is CCC(C)CCCCCCCCCCC(=O)OC[C@H](COP(=O)(O)OCC(O)COP(=O)(O)OC[C@@H](COC(=O)CCCCCCCCCCC(C)C)OC(=O)CCCCCCCCCCC(C)C)OC(=O)CCCCCCCCCCC(C)CC. The Morgan fingerprint density at radius 3 is 0.826 bits per heavy atom. The molecule has 0 rings (SSSR count). The third-order valence-electron chi connectivity index (χ3n) is 16.0. The summed E-state index contributed by atoms with van der Waals surface area (Å²) in [6.07, 6.45) is 37.5. The van der Waals surface area contributed by atoms with Gasteiger partial charge in [0.15, 0.2) is 12.2 Å². The normalized spacial score (nSPS) is 15.0. The first kappa shape index (κ1) is 84.1. The zero-order chi connectivity index (χ0) is 63.9. The first-order chi connectivity index (χ1) is 41.2. The summed E-state index contributed by atoms with van der Waals surface area (Å²) in [5, 5.41) is 10.6. The monoisotopic (exact) mass is 1270 g/mol. The summed E-state index contributed by atoms with van der Waals surface area (Å²) in [6, 6.07) is 0. The fourth-order valence-corrected chi connectivity index (χ4v) is 11.5. The number of unbranched alkanes of at least 4 members (excludes halogenated alkanes) is 28. The van der Waals surface area contributed by atoms with Gasteiger partial charge >= 0.3 is 39.5 Å². The molecule has 0 radical (unpaired) electrons. The van der Waals surface area contributed by atoms with E-state index in [4.69, 9.17) is 37.0 Å². The van der Waals surface area contributed by atoms with Gasteiger partial charge < -0.3 is 33.8 Å². The van der Waals surface area contributed by atoms with Crippen LogP contribution in [0.25, 0.3) is 0 Å². The lowest BCUT2D eigenvalue weighted by Gasteiger charge is -2.21. The second-order valence-corrected chi connectivity index (χ2v) is 28.6. The number of aliphatic hydroxyl groups excluding tert-OH is 1. The predicted molar refractivity (Wildman–Crippen MR) is 344 cm³/mol. The Labute approximate surface area is 524 Å². The summed E-state index contributed by atoms with van der Waals surface area (Å²) < 4.78 is 68.1. The Hall–Kier alpha value is -1.94. The van der Waals surface area contributed by atoms with Crippen LogP contribution in [0.15, 0.2) is 0 Å². The van der Waals surface area contributed by atoms with E-state index in [2.05, 4.69) is 55.4 Å². The van der Waals surface area contributed by atoms with E-state index in [1.54, 1.807) is 0 Å².